The predicted molar refractivity (Wildman–Crippen MR) is 139 cm³/mol. The molecule has 3 aromatic rings. The topological polar surface area (TPSA) is 120 Å². The van der Waals surface area contributed by atoms with Crippen LogP contribution >= 0.6 is 0 Å². The highest BCUT2D eigenvalue weighted by atomic mass is 32.2. The molecular weight excluding hydrogens is 592 g/mol. The molecule has 1 aliphatic rings. The number of sulfonamides is 1. The summed E-state index contributed by atoms with van der Waals surface area (Å²) in [7, 11) is -4.58. The van der Waals surface area contributed by atoms with E-state index in [1.165, 1.54) is 18.3 Å². The van der Waals surface area contributed by atoms with Crippen molar-refractivity contribution in [1.82, 2.24) is 4.98 Å². The van der Waals surface area contributed by atoms with Crippen LogP contribution in [0.5, 0.6) is 0 Å². The number of pyridine rings is 1. The average molecular weight is 618 g/mol. The predicted octanol–water partition coefficient (Wildman–Crippen LogP) is 4.66. The van der Waals surface area contributed by atoms with Crippen LogP contribution in [-0.2, 0) is 33.4 Å². The third kappa shape index (κ3) is 5.68. The lowest BCUT2D eigenvalue weighted by molar-refractivity contribution is -0.335. The van der Waals surface area contributed by atoms with Crippen molar-refractivity contribution in [2.24, 2.45) is 0 Å². The largest absolute Gasteiger partial charge is 0.427 e. The molecule has 4 rings (SSSR count). The summed E-state index contributed by atoms with van der Waals surface area (Å²) in [5.41, 5.74) is -5.74. The summed E-state index contributed by atoms with van der Waals surface area (Å²) in [6.45, 7) is -0.577. The number of benzene rings is 2. The number of fused-ring (bicyclic) bond motifs is 1. The first kappa shape index (κ1) is 31.3. The van der Waals surface area contributed by atoms with Gasteiger partial charge in [-0.15, -0.1) is 0 Å². The number of aliphatic hydroxyl groups is 2. The number of carbonyl (C=O) groups excluding carboxylic acids is 1. The van der Waals surface area contributed by atoms with Crippen molar-refractivity contribution < 1.29 is 49.8 Å². The molecule has 0 radical (unpaired) electrons. The Hall–Kier alpha value is -3.69. The van der Waals surface area contributed by atoms with Crippen LogP contribution in [0.25, 0.3) is 0 Å². The summed E-state index contributed by atoms with van der Waals surface area (Å²) in [5, 5.41) is 22.2. The molecule has 1 amide bonds. The van der Waals surface area contributed by atoms with Gasteiger partial charge in [0.1, 0.15) is 5.82 Å². The number of nitrogens with zero attached hydrogens (tertiary/aromatic N) is 2. The maximum absolute atomic E-state index is 14.2. The lowest BCUT2D eigenvalue weighted by atomic mass is 9.84. The van der Waals surface area contributed by atoms with Gasteiger partial charge in [-0.1, -0.05) is 12.1 Å². The van der Waals surface area contributed by atoms with Crippen LogP contribution in [0.15, 0.2) is 65.7 Å². The molecule has 42 heavy (non-hydrogen) atoms. The number of aromatic nitrogens is 1. The first-order chi connectivity index (χ1) is 19.5. The molecule has 2 aromatic carbocycles. The number of aliphatic hydroxyl groups excluding tert-OH is 1. The molecule has 226 valence electrons. The standard InChI is InChI=1S/C27H25F6N3O5S/c1-25(29,30)26(39,27(31,32)33)17-5-11-23-16(13-17)4-8-19(14-24(38)35-21-3-2-12-34-22(21)15-37)36(23)42(40,41)20-9-6-18(28)7-10-20/h2-3,5-7,9-13,19,37,39H,4,8,14-15H2,1H3,(H,35,38). The lowest BCUT2D eigenvalue weighted by Gasteiger charge is -2.40. The summed E-state index contributed by atoms with van der Waals surface area (Å²) in [4.78, 5) is 16.5. The van der Waals surface area contributed by atoms with Crippen LogP contribution in [-0.4, -0.2) is 47.7 Å². The molecule has 0 aliphatic carbocycles. The summed E-state index contributed by atoms with van der Waals surface area (Å²) < 4.78 is 112. The molecule has 15 heteroatoms. The van der Waals surface area contributed by atoms with E-state index < -0.39 is 69.0 Å². The molecule has 2 heterocycles. The minimum Gasteiger partial charge on any atom is -0.390 e. The molecular formula is C27H25F6N3O5S. The third-order valence-electron chi connectivity index (χ3n) is 6.96. The second-order valence-corrected chi connectivity index (χ2v) is 11.6. The third-order valence-corrected chi connectivity index (χ3v) is 8.84. The zero-order chi connectivity index (χ0) is 31.1. The molecule has 0 saturated heterocycles. The van der Waals surface area contributed by atoms with E-state index in [2.05, 4.69) is 10.3 Å². The van der Waals surface area contributed by atoms with E-state index in [-0.39, 0.29) is 42.4 Å². The van der Waals surface area contributed by atoms with E-state index in [0.717, 1.165) is 34.6 Å². The second kappa shape index (κ2) is 11.2. The van der Waals surface area contributed by atoms with Crippen LogP contribution < -0.4 is 9.62 Å². The van der Waals surface area contributed by atoms with Crippen LogP contribution in [0.1, 0.15) is 36.6 Å². The first-order valence-corrected chi connectivity index (χ1v) is 13.9. The van der Waals surface area contributed by atoms with Gasteiger partial charge in [0.2, 0.25) is 11.5 Å². The number of nitrogens with one attached hydrogen (secondary N) is 1. The molecule has 0 fully saturated rings. The summed E-state index contributed by atoms with van der Waals surface area (Å²) >= 11 is 0. The fourth-order valence-corrected chi connectivity index (χ4v) is 6.57. The minimum absolute atomic E-state index is 0.0790. The van der Waals surface area contributed by atoms with Gasteiger partial charge in [0, 0.05) is 19.5 Å². The Morgan fingerprint density at radius 3 is 2.36 bits per heavy atom. The summed E-state index contributed by atoms with van der Waals surface area (Å²) in [6, 6.07) is 7.65. The average Bonchev–Trinajstić information content (AvgIpc) is 2.91. The fourth-order valence-electron chi connectivity index (χ4n) is 4.85. The van der Waals surface area contributed by atoms with Crippen molar-refractivity contribution in [2.45, 2.75) is 61.4 Å². The Labute approximate surface area is 236 Å². The molecule has 1 aromatic heterocycles. The Morgan fingerprint density at radius 2 is 1.76 bits per heavy atom. The van der Waals surface area contributed by atoms with E-state index in [4.69, 9.17) is 0 Å². The van der Waals surface area contributed by atoms with Gasteiger partial charge in [-0.3, -0.25) is 14.1 Å². The molecule has 3 N–H and O–H groups in total. The van der Waals surface area contributed by atoms with E-state index >= 15 is 0 Å². The smallest absolute Gasteiger partial charge is 0.390 e. The van der Waals surface area contributed by atoms with E-state index in [1.807, 2.05) is 0 Å². The molecule has 2 unspecified atom stereocenters. The molecule has 1 aliphatic heterocycles. The Bertz CT molecular complexity index is 1560. The van der Waals surface area contributed by atoms with Crippen LogP contribution in [0.3, 0.4) is 0 Å². The molecule has 0 bridgehead atoms. The number of aryl methyl sites for hydroxylation is 1. The monoisotopic (exact) mass is 617 g/mol. The molecule has 8 nitrogen and oxygen atoms in total. The normalized spacial score (nSPS) is 17.4. The van der Waals surface area contributed by atoms with Crippen LogP contribution in [0, 0.1) is 5.82 Å². The van der Waals surface area contributed by atoms with Crippen molar-refractivity contribution >= 4 is 27.3 Å². The number of rotatable bonds is 8. The van der Waals surface area contributed by atoms with Gasteiger partial charge in [0.15, 0.2) is 0 Å². The van der Waals surface area contributed by atoms with Crippen LogP contribution in [0.4, 0.5) is 37.7 Å². The van der Waals surface area contributed by atoms with Gasteiger partial charge in [-0.05, 0) is 66.4 Å². The van der Waals surface area contributed by atoms with Crippen molar-refractivity contribution in [1.29, 1.82) is 0 Å². The maximum atomic E-state index is 14.2. The minimum atomic E-state index is -5.78. The number of alkyl halides is 5. The highest BCUT2D eigenvalue weighted by molar-refractivity contribution is 7.92. The SMILES string of the molecule is CC(F)(F)C(O)(c1ccc2c(c1)CCC(CC(=O)Nc1cccnc1CO)N2S(=O)(=O)c1ccc(F)cc1)C(F)(F)F. The van der Waals surface area contributed by atoms with Crippen molar-refractivity contribution in [2.75, 3.05) is 9.62 Å². The summed E-state index contributed by atoms with van der Waals surface area (Å²) in [6.07, 6.45) is -5.11. The Kier molecular flexibility index (Phi) is 8.32. The number of anilines is 2. The van der Waals surface area contributed by atoms with E-state index in [1.54, 1.807) is 0 Å². The summed E-state index contributed by atoms with van der Waals surface area (Å²) in [5.74, 6) is -6.08. The van der Waals surface area contributed by atoms with Crippen molar-refractivity contribution in [3.63, 3.8) is 0 Å². The van der Waals surface area contributed by atoms with Gasteiger partial charge in [0.05, 0.1) is 34.6 Å². The Balaban J connectivity index is 1.79. The first-order valence-electron chi connectivity index (χ1n) is 12.5. The maximum Gasteiger partial charge on any atom is 0.427 e. The number of hydrogen-bond donors (Lipinski definition) is 3. The molecule has 0 saturated carbocycles. The highest BCUT2D eigenvalue weighted by Crippen LogP contribution is 2.50. The van der Waals surface area contributed by atoms with E-state index in [0.29, 0.717) is 12.1 Å². The zero-order valence-corrected chi connectivity index (χ0v) is 22.7. The molecule has 2 atom stereocenters. The lowest BCUT2D eigenvalue weighted by Crippen LogP contribution is -2.54. The fraction of sp³-hybridized carbons (Fsp3) is 0.333. The van der Waals surface area contributed by atoms with Crippen molar-refractivity contribution in [3.05, 3.63) is 83.4 Å². The van der Waals surface area contributed by atoms with Crippen molar-refractivity contribution in [3.8, 4) is 0 Å². The number of hydrogen-bond acceptors (Lipinski definition) is 6. The number of halogens is 6. The van der Waals surface area contributed by atoms with E-state index in [9.17, 15) is 49.8 Å². The van der Waals surface area contributed by atoms with Gasteiger partial charge >= 0.3 is 6.18 Å². The second-order valence-electron chi connectivity index (χ2n) is 9.80. The molecule has 0 spiro atoms. The van der Waals surface area contributed by atoms with Gasteiger partial charge < -0.3 is 15.5 Å². The van der Waals surface area contributed by atoms with Gasteiger partial charge in [0.25, 0.3) is 15.9 Å². The quantitative estimate of drug-likeness (QED) is 0.317. The zero-order valence-electron chi connectivity index (χ0n) is 21.9. The number of carbonyl (C=O) groups is 1. The highest BCUT2D eigenvalue weighted by Gasteiger charge is 2.67. The van der Waals surface area contributed by atoms with Gasteiger partial charge in [-0.25, -0.2) is 21.6 Å². The van der Waals surface area contributed by atoms with Crippen LogP contribution in [0.2, 0.25) is 0 Å². The number of amides is 1. The Morgan fingerprint density at radius 1 is 1.10 bits per heavy atom. The van der Waals surface area contributed by atoms with Gasteiger partial charge in [-0.2, -0.15) is 13.2 Å².